The van der Waals surface area contributed by atoms with E-state index < -0.39 is 23.7 Å². The van der Waals surface area contributed by atoms with Crippen LogP contribution in [0.5, 0.6) is 0 Å². The number of hydrogen-bond acceptors (Lipinski definition) is 7. The van der Waals surface area contributed by atoms with Gasteiger partial charge < -0.3 is 24.1 Å². The molecule has 29 heavy (non-hydrogen) atoms. The number of carbonyl (C=O) groups is 2. The van der Waals surface area contributed by atoms with Crippen molar-refractivity contribution in [3.63, 3.8) is 0 Å². The Morgan fingerprint density at radius 2 is 1.66 bits per heavy atom. The normalized spacial score (nSPS) is 15.4. The van der Waals surface area contributed by atoms with Gasteiger partial charge in [-0.3, -0.25) is 4.90 Å². The number of hydrogen-bond donors (Lipinski definition) is 0. The Morgan fingerprint density at radius 3 is 2.03 bits per heavy atom. The molecule has 1 rings (SSSR count). The zero-order valence-electron chi connectivity index (χ0n) is 19.3. The second kappa shape index (κ2) is 18.5. The average Bonchev–Trinajstić information content (AvgIpc) is 2.59. The summed E-state index contributed by atoms with van der Waals surface area (Å²) in [6.07, 6.45) is 4.85. The summed E-state index contributed by atoms with van der Waals surface area (Å²) in [4.78, 5) is 27.9. The number of aliphatic imine (C=N–C) groups is 1. The monoisotopic (exact) mass is 410 g/mol. The Labute approximate surface area is 186 Å². The molecule has 0 heterocycles. The van der Waals surface area contributed by atoms with E-state index >= 15 is 0 Å². The van der Waals surface area contributed by atoms with Crippen molar-refractivity contribution < 1.29 is 52.5 Å². The third-order valence-corrected chi connectivity index (χ3v) is 2.95. The fourth-order valence-corrected chi connectivity index (χ4v) is 2.06. The van der Waals surface area contributed by atoms with Gasteiger partial charge in [-0.05, 0) is 45.9 Å². The minimum absolute atomic E-state index is 0. The molecule has 0 aliphatic heterocycles. The number of amides is 2. The van der Waals surface area contributed by atoms with E-state index in [1.165, 1.54) is 12.0 Å². The first-order chi connectivity index (χ1) is 13.1. The third-order valence-electron chi connectivity index (χ3n) is 2.95. The molecule has 2 amide bonds. The molecule has 0 saturated carbocycles. The summed E-state index contributed by atoms with van der Waals surface area (Å²) in [6.45, 7) is 4.72. The molecule has 0 spiro atoms. The number of nitrogens with zero attached hydrogens (tertiary/aromatic N) is 2. The van der Waals surface area contributed by atoms with Gasteiger partial charge in [0, 0.05) is 28.4 Å². The van der Waals surface area contributed by atoms with Gasteiger partial charge >= 0.3 is 31.0 Å². The minimum atomic E-state index is -0.957. The molecule has 1 aliphatic carbocycles. The molecule has 0 N–H and O–H groups in total. The zero-order valence-corrected chi connectivity index (χ0v) is 19.3. The molecule has 1 aliphatic rings. The SMILES string of the molecule is COC.COC.COC(=O)N(C/C([O-])=N/C(=O)OC(C)(C)C)[C@@H]1C=CCCC1.[Li+]. The molecular weight excluding hydrogens is 375 g/mol. The van der Waals surface area contributed by atoms with Crippen LogP contribution >= 0.6 is 0 Å². The Morgan fingerprint density at radius 1 is 1.14 bits per heavy atom. The molecule has 0 bridgehead atoms. The van der Waals surface area contributed by atoms with Gasteiger partial charge in [-0.1, -0.05) is 12.2 Å². The van der Waals surface area contributed by atoms with Crippen molar-refractivity contribution in [3.8, 4) is 0 Å². The van der Waals surface area contributed by atoms with Crippen LogP contribution in [0.3, 0.4) is 0 Å². The first kappa shape index (κ1) is 32.1. The summed E-state index contributed by atoms with van der Waals surface area (Å²) in [5.74, 6) is -0.737. The first-order valence-corrected chi connectivity index (χ1v) is 8.85. The van der Waals surface area contributed by atoms with Crippen molar-refractivity contribution in [2.75, 3.05) is 42.1 Å². The van der Waals surface area contributed by atoms with E-state index in [9.17, 15) is 14.7 Å². The van der Waals surface area contributed by atoms with Gasteiger partial charge in [0.15, 0.2) is 0 Å². The summed E-state index contributed by atoms with van der Waals surface area (Å²) in [6, 6.07) is -0.223. The molecule has 0 radical (unpaired) electrons. The molecule has 164 valence electrons. The van der Waals surface area contributed by atoms with Crippen LogP contribution in [0, 0.1) is 0 Å². The maximum absolute atomic E-state index is 11.9. The molecule has 0 aromatic rings. The average molecular weight is 410 g/mol. The molecule has 9 nitrogen and oxygen atoms in total. The summed E-state index contributed by atoms with van der Waals surface area (Å²) < 4.78 is 18.1. The number of allylic oxidation sites excluding steroid dienone is 1. The van der Waals surface area contributed by atoms with Crippen LogP contribution in [0.4, 0.5) is 9.59 Å². The fraction of sp³-hybridized carbons (Fsp3) is 0.737. The summed E-state index contributed by atoms with van der Waals surface area (Å²) in [5, 5.41) is 11.9. The second-order valence-corrected chi connectivity index (χ2v) is 6.83. The van der Waals surface area contributed by atoms with E-state index in [1.54, 1.807) is 49.2 Å². The minimum Gasteiger partial charge on any atom is -0.860 e. The van der Waals surface area contributed by atoms with E-state index in [4.69, 9.17) is 9.47 Å². The maximum atomic E-state index is 11.9. The standard InChI is InChI=1S/C15H24N2O5.2C2H6O.Li/c1-15(2,3)22-13(19)16-12(18)10-17(14(20)21-4)11-8-6-5-7-9-11;2*1-3-2;/h6,8,11H,5,7,9-10H2,1-4H3,(H,16,18,19);2*1-2H3;/q;;;+1/p-1/t11-;;;/m1.../s1. The van der Waals surface area contributed by atoms with Gasteiger partial charge in [-0.2, -0.15) is 4.99 Å². The van der Waals surface area contributed by atoms with Gasteiger partial charge in [0.2, 0.25) is 0 Å². The number of ether oxygens (including phenoxy) is 4. The van der Waals surface area contributed by atoms with Crippen LogP contribution in [-0.2, 0) is 18.9 Å². The van der Waals surface area contributed by atoms with Gasteiger partial charge in [0.05, 0.1) is 19.7 Å². The van der Waals surface area contributed by atoms with Crippen molar-refractivity contribution >= 4 is 18.1 Å². The third kappa shape index (κ3) is 18.2. The predicted molar refractivity (Wildman–Crippen MR) is 105 cm³/mol. The Hall–Kier alpha value is -1.53. The van der Waals surface area contributed by atoms with E-state index in [1.807, 2.05) is 12.2 Å². The number of rotatable bonds is 3. The van der Waals surface area contributed by atoms with Crippen LogP contribution in [0.2, 0.25) is 0 Å². The van der Waals surface area contributed by atoms with Crippen molar-refractivity contribution in [3.05, 3.63) is 12.2 Å². The van der Waals surface area contributed by atoms with Crippen molar-refractivity contribution in [1.82, 2.24) is 4.90 Å². The molecule has 0 fully saturated rings. The molecular formula is C19H35LiN2O7. The quantitative estimate of drug-likeness (QED) is 0.264. The van der Waals surface area contributed by atoms with Crippen LogP contribution in [0.1, 0.15) is 40.0 Å². The maximum Gasteiger partial charge on any atom is 1.00 e. The molecule has 1 atom stereocenters. The Kier molecular flexibility index (Phi) is 20.5. The van der Waals surface area contributed by atoms with Gasteiger partial charge in [-0.25, -0.2) is 9.59 Å². The van der Waals surface area contributed by atoms with Gasteiger partial charge in [0.25, 0.3) is 0 Å². The van der Waals surface area contributed by atoms with Crippen LogP contribution < -0.4 is 24.0 Å². The van der Waals surface area contributed by atoms with Crippen LogP contribution in [0.25, 0.3) is 0 Å². The summed E-state index contributed by atoms with van der Waals surface area (Å²) in [7, 11) is 7.75. The van der Waals surface area contributed by atoms with Crippen molar-refractivity contribution in [1.29, 1.82) is 0 Å². The largest absolute Gasteiger partial charge is 1.00 e. The van der Waals surface area contributed by atoms with E-state index in [2.05, 4.69) is 14.5 Å². The van der Waals surface area contributed by atoms with Crippen LogP contribution in [0.15, 0.2) is 17.1 Å². The predicted octanol–water partition coefficient (Wildman–Crippen LogP) is -0.613. The van der Waals surface area contributed by atoms with E-state index in [0.29, 0.717) is 0 Å². The summed E-state index contributed by atoms with van der Waals surface area (Å²) >= 11 is 0. The van der Waals surface area contributed by atoms with E-state index in [0.717, 1.165) is 19.3 Å². The number of methoxy groups -OCH3 is 3. The van der Waals surface area contributed by atoms with Gasteiger partial charge in [-0.15, -0.1) is 0 Å². The smallest absolute Gasteiger partial charge is 0.860 e. The van der Waals surface area contributed by atoms with Crippen molar-refractivity contribution in [2.45, 2.75) is 51.7 Å². The second-order valence-electron chi connectivity index (χ2n) is 6.83. The molecule has 10 heteroatoms. The Bertz CT molecular complexity index is 503. The summed E-state index contributed by atoms with van der Waals surface area (Å²) in [5.41, 5.74) is -0.727. The molecule has 0 saturated heterocycles. The molecule has 0 aromatic carbocycles. The van der Waals surface area contributed by atoms with E-state index in [-0.39, 0.29) is 31.4 Å². The van der Waals surface area contributed by atoms with Crippen molar-refractivity contribution in [2.24, 2.45) is 4.99 Å². The number of carbonyl (C=O) groups excluding carboxylic acids is 2. The topological polar surface area (TPSA) is 110 Å². The fourth-order valence-electron chi connectivity index (χ4n) is 2.06. The molecule has 0 aromatic heterocycles. The Balaban J connectivity index is -0.000000857. The molecule has 0 unspecified atom stereocenters. The first-order valence-electron chi connectivity index (χ1n) is 8.85. The van der Waals surface area contributed by atoms with Crippen LogP contribution in [-0.4, -0.2) is 76.7 Å². The van der Waals surface area contributed by atoms with Gasteiger partial charge in [0.1, 0.15) is 5.60 Å². The zero-order chi connectivity index (χ0) is 22.2.